The molecular formula is C12H18N6O2. The van der Waals surface area contributed by atoms with Gasteiger partial charge in [0.2, 0.25) is 5.82 Å². The number of aryl methyl sites for hydroxylation is 1. The number of hydrogen-bond acceptors (Lipinski definition) is 5. The minimum Gasteiger partial charge on any atom is -0.481 e. The van der Waals surface area contributed by atoms with Crippen molar-refractivity contribution in [1.29, 1.82) is 0 Å². The minimum absolute atomic E-state index is 0.0472. The summed E-state index contributed by atoms with van der Waals surface area (Å²) in [5, 5.41) is 20.7. The molecule has 2 heterocycles. The molecule has 20 heavy (non-hydrogen) atoms. The highest BCUT2D eigenvalue weighted by atomic mass is 16.4. The van der Waals surface area contributed by atoms with E-state index in [1.165, 1.54) is 0 Å². The Hall–Kier alpha value is -2.25. The zero-order valence-electron chi connectivity index (χ0n) is 12.0. The Bertz CT molecular complexity index is 609. The van der Waals surface area contributed by atoms with E-state index in [2.05, 4.69) is 20.5 Å². The molecule has 8 nitrogen and oxygen atoms in total. The summed E-state index contributed by atoms with van der Waals surface area (Å²) in [7, 11) is 1.85. The van der Waals surface area contributed by atoms with E-state index in [-0.39, 0.29) is 17.9 Å². The highest BCUT2D eigenvalue weighted by Crippen LogP contribution is 2.34. The summed E-state index contributed by atoms with van der Waals surface area (Å²) in [4.78, 5) is 15.3. The molecule has 0 aromatic carbocycles. The van der Waals surface area contributed by atoms with Crippen molar-refractivity contribution in [2.75, 3.05) is 0 Å². The predicted molar refractivity (Wildman–Crippen MR) is 70.8 cm³/mol. The number of carboxylic acid groups (broad SMARTS) is 1. The van der Waals surface area contributed by atoms with Crippen LogP contribution in [-0.2, 0) is 11.8 Å². The molecule has 0 aliphatic rings. The lowest BCUT2D eigenvalue weighted by molar-refractivity contribution is -0.138. The van der Waals surface area contributed by atoms with Gasteiger partial charge in [0.25, 0.3) is 0 Å². The van der Waals surface area contributed by atoms with Gasteiger partial charge in [-0.3, -0.25) is 4.79 Å². The first kappa shape index (κ1) is 14.2. The van der Waals surface area contributed by atoms with E-state index in [0.717, 1.165) is 0 Å². The Morgan fingerprint density at radius 1 is 1.45 bits per heavy atom. The maximum absolute atomic E-state index is 11.1. The molecule has 1 N–H and O–H groups in total. The molecule has 1 unspecified atom stereocenters. The van der Waals surface area contributed by atoms with Crippen LogP contribution in [0.4, 0.5) is 0 Å². The second-order valence-electron chi connectivity index (χ2n) is 5.85. The van der Waals surface area contributed by atoms with Crippen LogP contribution in [0.2, 0.25) is 0 Å². The maximum Gasteiger partial charge on any atom is 0.305 e. The molecule has 108 valence electrons. The first-order valence-corrected chi connectivity index (χ1v) is 6.27. The standard InChI is InChI=1S/C12H18N6O2/c1-12(2,3)9(5-10(19)20)18-11(14-15-16-18)8-6-17(4)7-13-8/h6-7,9H,5H2,1-4H3,(H,19,20). The van der Waals surface area contributed by atoms with Crippen LogP contribution < -0.4 is 0 Å². The van der Waals surface area contributed by atoms with Gasteiger partial charge in [-0.05, 0) is 15.8 Å². The summed E-state index contributed by atoms with van der Waals surface area (Å²) in [5.74, 6) is -0.404. The number of carboxylic acids is 1. The normalized spacial score (nSPS) is 13.4. The Kier molecular flexibility index (Phi) is 3.56. The Labute approximate surface area is 116 Å². The summed E-state index contributed by atoms with van der Waals surface area (Å²) < 4.78 is 3.34. The number of tetrazole rings is 1. The lowest BCUT2D eigenvalue weighted by Crippen LogP contribution is -2.28. The smallest absolute Gasteiger partial charge is 0.305 e. The van der Waals surface area contributed by atoms with E-state index in [1.54, 1.807) is 21.8 Å². The van der Waals surface area contributed by atoms with Crippen molar-refractivity contribution in [3.05, 3.63) is 12.5 Å². The summed E-state index contributed by atoms with van der Waals surface area (Å²) >= 11 is 0. The molecule has 0 amide bonds. The van der Waals surface area contributed by atoms with Gasteiger partial charge in [-0.15, -0.1) is 5.10 Å². The van der Waals surface area contributed by atoms with Crippen LogP contribution in [0.1, 0.15) is 33.2 Å². The molecule has 8 heteroatoms. The topological polar surface area (TPSA) is 98.7 Å². The van der Waals surface area contributed by atoms with E-state index < -0.39 is 5.97 Å². The largest absolute Gasteiger partial charge is 0.481 e. The molecule has 0 aliphatic carbocycles. The summed E-state index contributed by atoms with van der Waals surface area (Å²) in [6.45, 7) is 5.89. The molecule has 0 bridgehead atoms. The zero-order chi connectivity index (χ0) is 14.9. The lowest BCUT2D eigenvalue weighted by Gasteiger charge is -2.29. The summed E-state index contributed by atoms with van der Waals surface area (Å²) in [6.07, 6.45) is 3.40. The number of hydrogen-bond donors (Lipinski definition) is 1. The van der Waals surface area contributed by atoms with Crippen molar-refractivity contribution in [1.82, 2.24) is 29.8 Å². The molecule has 2 aromatic heterocycles. The average Bonchev–Trinajstić information content (AvgIpc) is 2.92. The molecule has 2 aromatic rings. The van der Waals surface area contributed by atoms with E-state index >= 15 is 0 Å². The van der Waals surface area contributed by atoms with Gasteiger partial charge in [0, 0.05) is 13.2 Å². The second-order valence-corrected chi connectivity index (χ2v) is 5.85. The van der Waals surface area contributed by atoms with Gasteiger partial charge in [-0.1, -0.05) is 20.8 Å². The third kappa shape index (κ3) is 2.84. The molecule has 0 spiro atoms. The Morgan fingerprint density at radius 2 is 2.15 bits per heavy atom. The average molecular weight is 278 g/mol. The lowest BCUT2D eigenvalue weighted by atomic mass is 9.85. The number of rotatable bonds is 4. The van der Waals surface area contributed by atoms with Crippen LogP contribution in [0.15, 0.2) is 12.5 Å². The molecule has 0 aliphatic heterocycles. The second kappa shape index (κ2) is 5.03. The fraction of sp³-hybridized carbons (Fsp3) is 0.583. The first-order valence-electron chi connectivity index (χ1n) is 6.27. The number of imidazole rings is 1. The van der Waals surface area contributed by atoms with Crippen molar-refractivity contribution in [3.63, 3.8) is 0 Å². The third-order valence-corrected chi connectivity index (χ3v) is 3.09. The van der Waals surface area contributed by atoms with Crippen LogP contribution in [0, 0.1) is 5.41 Å². The molecule has 0 saturated carbocycles. The van der Waals surface area contributed by atoms with Gasteiger partial charge in [0.1, 0.15) is 5.69 Å². The molecule has 0 fully saturated rings. The van der Waals surface area contributed by atoms with Crippen LogP contribution in [0.5, 0.6) is 0 Å². The van der Waals surface area contributed by atoms with Gasteiger partial charge in [-0.25, -0.2) is 9.67 Å². The van der Waals surface area contributed by atoms with Gasteiger partial charge < -0.3 is 9.67 Å². The Morgan fingerprint density at radius 3 is 2.65 bits per heavy atom. The van der Waals surface area contributed by atoms with E-state index in [1.807, 2.05) is 27.8 Å². The minimum atomic E-state index is -0.882. The summed E-state index contributed by atoms with van der Waals surface area (Å²) in [5.41, 5.74) is 0.328. The first-order chi connectivity index (χ1) is 9.29. The van der Waals surface area contributed by atoms with Gasteiger partial charge in [-0.2, -0.15) is 0 Å². The van der Waals surface area contributed by atoms with Crippen molar-refractivity contribution < 1.29 is 9.90 Å². The van der Waals surface area contributed by atoms with Gasteiger partial charge >= 0.3 is 5.97 Å². The van der Waals surface area contributed by atoms with Crippen LogP contribution in [-0.4, -0.2) is 40.8 Å². The molecule has 0 radical (unpaired) electrons. The van der Waals surface area contributed by atoms with Crippen molar-refractivity contribution in [3.8, 4) is 11.5 Å². The zero-order valence-corrected chi connectivity index (χ0v) is 12.0. The molecule has 0 saturated heterocycles. The quantitative estimate of drug-likeness (QED) is 0.900. The fourth-order valence-electron chi connectivity index (χ4n) is 2.03. The highest BCUT2D eigenvalue weighted by molar-refractivity contribution is 5.67. The molecular weight excluding hydrogens is 260 g/mol. The highest BCUT2D eigenvalue weighted by Gasteiger charge is 2.32. The van der Waals surface area contributed by atoms with Crippen LogP contribution in [0.3, 0.4) is 0 Å². The monoisotopic (exact) mass is 278 g/mol. The molecule has 2 rings (SSSR count). The van der Waals surface area contributed by atoms with Crippen LogP contribution >= 0.6 is 0 Å². The fourth-order valence-corrected chi connectivity index (χ4v) is 2.03. The van der Waals surface area contributed by atoms with Crippen molar-refractivity contribution >= 4 is 5.97 Å². The number of nitrogens with zero attached hydrogens (tertiary/aromatic N) is 6. The van der Waals surface area contributed by atoms with Gasteiger partial charge in [0.05, 0.1) is 18.8 Å². The van der Waals surface area contributed by atoms with Crippen LogP contribution in [0.25, 0.3) is 11.5 Å². The SMILES string of the molecule is Cn1cnc(-c2nnnn2C(CC(=O)O)C(C)(C)C)c1. The van der Waals surface area contributed by atoms with E-state index in [9.17, 15) is 4.79 Å². The number of aromatic nitrogens is 6. The van der Waals surface area contributed by atoms with Crippen molar-refractivity contribution in [2.45, 2.75) is 33.2 Å². The predicted octanol–water partition coefficient (Wildman–Crippen LogP) is 1.14. The third-order valence-electron chi connectivity index (χ3n) is 3.09. The Balaban J connectivity index is 2.45. The van der Waals surface area contributed by atoms with E-state index in [4.69, 9.17) is 5.11 Å². The summed E-state index contributed by atoms with van der Waals surface area (Å²) in [6, 6.07) is -0.355. The maximum atomic E-state index is 11.1. The molecule has 1 atom stereocenters. The number of carbonyl (C=O) groups is 1. The van der Waals surface area contributed by atoms with E-state index in [0.29, 0.717) is 11.5 Å². The van der Waals surface area contributed by atoms with Crippen molar-refractivity contribution in [2.24, 2.45) is 12.5 Å². The number of aliphatic carboxylic acids is 1. The van der Waals surface area contributed by atoms with Gasteiger partial charge in [0.15, 0.2) is 0 Å².